The average molecular weight is 384 g/mol. The van der Waals surface area contributed by atoms with Crippen molar-refractivity contribution in [1.82, 2.24) is 0 Å². The van der Waals surface area contributed by atoms with Crippen LogP contribution in [0.1, 0.15) is 48.0 Å². The molecule has 0 aliphatic heterocycles. The van der Waals surface area contributed by atoms with E-state index in [9.17, 15) is 19.2 Å². The lowest BCUT2D eigenvalue weighted by Crippen LogP contribution is -2.30. The van der Waals surface area contributed by atoms with Gasteiger partial charge in [-0.15, -0.1) is 0 Å². The van der Waals surface area contributed by atoms with Gasteiger partial charge in [0.15, 0.2) is 0 Å². The number of carbonyl (C=O) groups is 4. The average Bonchev–Trinajstić information content (AvgIpc) is 2.52. The molecule has 0 spiro atoms. The van der Waals surface area contributed by atoms with Crippen molar-refractivity contribution in [3.63, 3.8) is 0 Å². The van der Waals surface area contributed by atoms with Gasteiger partial charge in [-0.2, -0.15) is 0 Å². The minimum Gasteiger partial charge on any atom is -0.425 e. The van der Waals surface area contributed by atoms with E-state index in [1.54, 1.807) is 13.8 Å². The molecule has 0 saturated heterocycles. The van der Waals surface area contributed by atoms with Gasteiger partial charge in [0.1, 0.15) is 0 Å². The minimum atomic E-state index is -1.08. The van der Waals surface area contributed by atoms with E-state index >= 15 is 0 Å². The molecule has 0 N–H and O–H groups in total. The first-order valence-corrected chi connectivity index (χ1v) is 8.48. The maximum absolute atomic E-state index is 12.1. The number of rotatable bonds is 10. The smallest absolute Gasteiger partial charge is 0.336 e. The Kier molecular flexibility index (Phi) is 10.1. The fraction of sp³-hybridized carbons (Fsp3) is 0.579. The molecule has 0 fully saturated rings. The summed E-state index contributed by atoms with van der Waals surface area (Å²) < 4.78 is 19.7. The quantitative estimate of drug-likeness (QED) is 0.322. The normalized spacial score (nSPS) is 14.7. The van der Waals surface area contributed by atoms with Gasteiger partial charge in [-0.05, 0) is 19.8 Å². The molecule has 27 heavy (non-hydrogen) atoms. The van der Waals surface area contributed by atoms with Crippen molar-refractivity contribution < 1.29 is 38.1 Å². The standard InChI is InChI=1S/C19H28O8/c1-10(2)17(21)25-14(7)24-16(20)9-12(5)13(6)19(23)27-15(8)26-18(22)11(3)4/h12-15H,1,3,9H2,2,4-8H3. The third-order valence-corrected chi connectivity index (χ3v) is 3.54. The van der Waals surface area contributed by atoms with Crippen molar-refractivity contribution in [3.05, 3.63) is 24.3 Å². The molecule has 0 saturated carbocycles. The Morgan fingerprint density at radius 2 is 1.15 bits per heavy atom. The molecule has 0 aromatic rings. The van der Waals surface area contributed by atoms with Gasteiger partial charge in [0, 0.05) is 31.4 Å². The van der Waals surface area contributed by atoms with Crippen LogP contribution in [-0.2, 0) is 38.1 Å². The van der Waals surface area contributed by atoms with Crippen LogP contribution in [0.5, 0.6) is 0 Å². The van der Waals surface area contributed by atoms with Crippen LogP contribution in [0.3, 0.4) is 0 Å². The molecule has 0 aromatic carbocycles. The van der Waals surface area contributed by atoms with Crippen molar-refractivity contribution in [2.45, 2.75) is 60.5 Å². The van der Waals surface area contributed by atoms with E-state index in [2.05, 4.69) is 13.2 Å². The SMILES string of the molecule is C=C(C)C(=O)OC(C)OC(=O)CC(C)C(C)C(=O)OC(C)OC(=O)C(=C)C. The molecule has 0 bridgehead atoms. The minimum absolute atomic E-state index is 0.0921. The highest BCUT2D eigenvalue weighted by Gasteiger charge is 2.27. The van der Waals surface area contributed by atoms with Crippen LogP contribution in [-0.4, -0.2) is 36.5 Å². The zero-order chi connectivity index (χ0) is 21.3. The predicted octanol–water partition coefficient (Wildman–Crippen LogP) is 2.67. The van der Waals surface area contributed by atoms with Crippen molar-refractivity contribution in [2.24, 2.45) is 11.8 Å². The van der Waals surface area contributed by atoms with Crippen molar-refractivity contribution in [1.29, 1.82) is 0 Å². The zero-order valence-electron chi connectivity index (χ0n) is 16.7. The number of hydrogen-bond acceptors (Lipinski definition) is 8. The first-order chi connectivity index (χ1) is 12.3. The number of hydrogen-bond donors (Lipinski definition) is 0. The summed E-state index contributed by atoms with van der Waals surface area (Å²) in [5, 5.41) is 0. The number of ether oxygens (including phenoxy) is 4. The highest BCUT2D eigenvalue weighted by atomic mass is 16.7. The maximum atomic E-state index is 12.1. The van der Waals surface area contributed by atoms with Gasteiger partial charge in [-0.3, -0.25) is 9.59 Å². The molecule has 4 unspecified atom stereocenters. The topological polar surface area (TPSA) is 105 Å². The van der Waals surface area contributed by atoms with Crippen molar-refractivity contribution in [3.8, 4) is 0 Å². The summed E-state index contributed by atoms with van der Waals surface area (Å²) in [6.45, 7) is 15.9. The van der Waals surface area contributed by atoms with Crippen LogP contribution >= 0.6 is 0 Å². The molecule has 0 aliphatic rings. The number of carbonyl (C=O) groups excluding carboxylic acids is 4. The van der Waals surface area contributed by atoms with Crippen LogP contribution in [0.4, 0.5) is 0 Å². The van der Waals surface area contributed by atoms with Crippen LogP contribution in [0, 0.1) is 11.8 Å². The second-order valence-corrected chi connectivity index (χ2v) is 6.40. The van der Waals surface area contributed by atoms with Crippen molar-refractivity contribution in [2.75, 3.05) is 0 Å². The van der Waals surface area contributed by atoms with E-state index in [1.165, 1.54) is 27.7 Å². The fourth-order valence-electron chi connectivity index (χ4n) is 1.73. The molecule has 152 valence electrons. The number of esters is 4. The highest BCUT2D eigenvalue weighted by molar-refractivity contribution is 5.87. The first kappa shape index (κ1) is 24.4. The summed E-state index contributed by atoms with van der Waals surface area (Å²) >= 11 is 0. The molecule has 8 heteroatoms. The largest absolute Gasteiger partial charge is 0.425 e. The molecule has 0 aliphatic carbocycles. The second kappa shape index (κ2) is 11.2. The predicted molar refractivity (Wildman–Crippen MR) is 95.9 cm³/mol. The lowest BCUT2D eigenvalue weighted by atomic mass is 9.93. The Hall–Kier alpha value is -2.64. The van der Waals surface area contributed by atoms with Gasteiger partial charge in [-0.25, -0.2) is 9.59 Å². The summed E-state index contributed by atoms with van der Waals surface area (Å²) in [5.41, 5.74) is 0.368. The van der Waals surface area contributed by atoms with E-state index < -0.39 is 48.3 Å². The van der Waals surface area contributed by atoms with E-state index in [0.29, 0.717) is 0 Å². The van der Waals surface area contributed by atoms with Crippen molar-refractivity contribution >= 4 is 23.9 Å². The molecule has 0 radical (unpaired) electrons. The van der Waals surface area contributed by atoms with Gasteiger partial charge in [0.25, 0.3) is 0 Å². The Morgan fingerprint density at radius 3 is 1.56 bits per heavy atom. The van der Waals surface area contributed by atoms with Gasteiger partial charge < -0.3 is 18.9 Å². The molecule has 0 rings (SSSR count). The molecule has 0 amide bonds. The fourth-order valence-corrected chi connectivity index (χ4v) is 1.73. The summed E-state index contributed by atoms with van der Waals surface area (Å²) in [5.74, 6) is -3.67. The van der Waals surface area contributed by atoms with Gasteiger partial charge in [0.05, 0.1) is 5.92 Å². The van der Waals surface area contributed by atoms with Gasteiger partial charge >= 0.3 is 23.9 Å². The van der Waals surface area contributed by atoms with E-state index in [0.717, 1.165) is 0 Å². The lowest BCUT2D eigenvalue weighted by Gasteiger charge is -2.21. The molecular formula is C19H28O8. The molecular weight excluding hydrogens is 356 g/mol. The monoisotopic (exact) mass is 384 g/mol. The Balaban J connectivity index is 4.48. The molecule has 8 nitrogen and oxygen atoms in total. The Labute approximate surface area is 159 Å². The van der Waals surface area contributed by atoms with E-state index in [1.807, 2.05) is 0 Å². The first-order valence-electron chi connectivity index (χ1n) is 8.48. The Morgan fingerprint density at radius 1 is 0.741 bits per heavy atom. The van der Waals surface area contributed by atoms with Gasteiger partial charge in [0.2, 0.25) is 12.6 Å². The Bertz CT molecular complexity index is 607. The van der Waals surface area contributed by atoms with E-state index in [4.69, 9.17) is 18.9 Å². The second-order valence-electron chi connectivity index (χ2n) is 6.40. The molecule has 0 heterocycles. The van der Waals surface area contributed by atoms with Crippen LogP contribution < -0.4 is 0 Å². The molecule has 4 atom stereocenters. The third kappa shape index (κ3) is 9.58. The van der Waals surface area contributed by atoms with E-state index in [-0.39, 0.29) is 17.6 Å². The summed E-state index contributed by atoms with van der Waals surface area (Å²) in [7, 11) is 0. The summed E-state index contributed by atoms with van der Waals surface area (Å²) in [6.07, 6.45) is -2.24. The lowest BCUT2D eigenvalue weighted by molar-refractivity contribution is -0.186. The summed E-state index contributed by atoms with van der Waals surface area (Å²) in [4.78, 5) is 46.8. The zero-order valence-corrected chi connectivity index (χ0v) is 16.7. The molecule has 0 aromatic heterocycles. The van der Waals surface area contributed by atoms with Crippen LogP contribution in [0.2, 0.25) is 0 Å². The maximum Gasteiger partial charge on any atom is 0.336 e. The van der Waals surface area contributed by atoms with Crippen LogP contribution in [0.25, 0.3) is 0 Å². The summed E-state index contributed by atoms with van der Waals surface area (Å²) in [6, 6.07) is 0. The van der Waals surface area contributed by atoms with Gasteiger partial charge in [-0.1, -0.05) is 27.0 Å². The third-order valence-electron chi connectivity index (χ3n) is 3.54. The highest BCUT2D eigenvalue weighted by Crippen LogP contribution is 2.19. The van der Waals surface area contributed by atoms with Crippen LogP contribution in [0.15, 0.2) is 24.3 Å².